The average molecular weight is 262 g/mol. The Labute approximate surface area is 116 Å². The van der Waals surface area contributed by atoms with Gasteiger partial charge in [0, 0.05) is 24.6 Å². The van der Waals surface area contributed by atoms with Crippen LogP contribution in [0.25, 0.3) is 0 Å². The van der Waals surface area contributed by atoms with Crippen molar-refractivity contribution in [1.82, 2.24) is 9.97 Å². The highest BCUT2D eigenvalue weighted by atomic mass is 15.1. The molecule has 106 valence electrons. The van der Waals surface area contributed by atoms with Crippen molar-refractivity contribution in [2.45, 2.75) is 64.8 Å². The Balaban J connectivity index is 2.29. The van der Waals surface area contributed by atoms with Gasteiger partial charge in [0.15, 0.2) is 0 Å². The Morgan fingerprint density at radius 1 is 1.16 bits per heavy atom. The molecule has 0 radical (unpaired) electrons. The number of aromatic nitrogens is 2. The molecule has 19 heavy (non-hydrogen) atoms. The van der Waals surface area contributed by atoms with Gasteiger partial charge in [0.05, 0.1) is 0 Å². The van der Waals surface area contributed by atoms with Crippen LogP contribution in [0.1, 0.15) is 57.3 Å². The van der Waals surface area contributed by atoms with E-state index < -0.39 is 0 Å². The molecule has 0 bridgehead atoms. The van der Waals surface area contributed by atoms with E-state index in [1.165, 1.54) is 19.3 Å². The maximum absolute atomic E-state index is 4.72. The number of anilines is 2. The molecule has 2 N–H and O–H groups in total. The standard InChI is InChI=1S/C15H26N4/c1-5-8-12-17-13(16-4)11(3)14(18-12)19-15(6-2)9-7-10-15/h5-10H2,1-4H3,(H2,16,17,18,19). The predicted octanol–water partition coefficient (Wildman–Crippen LogP) is 3.52. The van der Waals surface area contributed by atoms with Gasteiger partial charge in [-0.15, -0.1) is 0 Å². The Kier molecular flexibility index (Phi) is 4.27. The van der Waals surface area contributed by atoms with Crippen molar-refractivity contribution in [2.75, 3.05) is 17.7 Å². The lowest BCUT2D eigenvalue weighted by molar-refractivity contribution is 0.268. The van der Waals surface area contributed by atoms with Crippen LogP contribution in [0, 0.1) is 6.92 Å². The Morgan fingerprint density at radius 3 is 2.32 bits per heavy atom. The summed E-state index contributed by atoms with van der Waals surface area (Å²) in [6.07, 6.45) is 7.00. The highest BCUT2D eigenvalue weighted by Crippen LogP contribution is 2.38. The van der Waals surface area contributed by atoms with Crippen molar-refractivity contribution in [2.24, 2.45) is 0 Å². The summed E-state index contributed by atoms with van der Waals surface area (Å²) in [4.78, 5) is 9.30. The summed E-state index contributed by atoms with van der Waals surface area (Å²) in [5.74, 6) is 2.90. The Hall–Kier alpha value is -1.32. The maximum atomic E-state index is 4.72. The zero-order valence-electron chi connectivity index (χ0n) is 12.6. The molecule has 1 aromatic heterocycles. The monoisotopic (exact) mass is 262 g/mol. The molecule has 4 heteroatoms. The van der Waals surface area contributed by atoms with Crippen molar-refractivity contribution in [3.8, 4) is 0 Å². The van der Waals surface area contributed by atoms with Crippen molar-refractivity contribution in [3.05, 3.63) is 11.4 Å². The minimum absolute atomic E-state index is 0.271. The zero-order valence-corrected chi connectivity index (χ0v) is 12.6. The summed E-state index contributed by atoms with van der Waals surface area (Å²) < 4.78 is 0. The molecule has 1 saturated carbocycles. The SMILES string of the molecule is CCCc1nc(NC)c(C)c(NC2(CC)CCC2)n1. The number of rotatable bonds is 6. The molecule has 0 aliphatic heterocycles. The van der Waals surface area contributed by atoms with Gasteiger partial charge in [-0.25, -0.2) is 9.97 Å². The Morgan fingerprint density at radius 2 is 1.84 bits per heavy atom. The second-order valence-electron chi connectivity index (χ2n) is 5.57. The summed E-state index contributed by atoms with van der Waals surface area (Å²) in [6, 6.07) is 0. The summed E-state index contributed by atoms with van der Waals surface area (Å²) in [5, 5.41) is 6.88. The summed E-state index contributed by atoms with van der Waals surface area (Å²) >= 11 is 0. The first-order chi connectivity index (χ1) is 9.14. The van der Waals surface area contributed by atoms with Gasteiger partial charge in [0.25, 0.3) is 0 Å². The number of aryl methyl sites for hydroxylation is 1. The lowest BCUT2D eigenvalue weighted by Gasteiger charge is -2.42. The fourth-order valence-electron chi connectivity index (χ4n) is 2.69. The third-order valence-corrected chi connectivity index (χ3v) is 4.27. The van der Waals surface area contributed by atoms with Crippen molar-refractivity contribution < 1.29 is 0 Å². The molecule has 0 atom stereocenters. The van der Waals surface area contributed by atoms with E-state index in [0.717, 1.165) is 42.3 Å². The smallest absolute Gasteiger partial charge is 0.135 e. The third-order valence-electron chi connectivity index (χ3n) is 4.27. The van der Waals surface area contributed by atoms with Crippen LogP contribution in [-0.4, -0.2) is 22.6 Å². The van der Waals surface area contributed by atoms with E-state index in [1.54, 1.807) is 0 Å². The number of hydrogen-bond donors (Lipinski definition) is 2. The molecule has 1 aromatic rings. The quantitative estimate of drug-likeness (QED) is 0.823. The molecule has 0 saturated heterocycles. The van der Waals surface area contributed by atoms with Crippen LogP contribution >= 0.6 is 0 Å². The topological polar surface area (TPSA) is 49.8 Å². The van der Waals surface area contributed by atoms with Crippen LogP contribution in [0.4, 0.5) is 11.6 Å². The van der Waals surface area contributed by atoms with Crippen molar-refractivity contribution >= 4 is 11.6 Å². The lowest BCUT2D eigenvalue weighted by atomic mass is 9.75. The van der Waals surface area contributed by atoms with Crippen molar-refractivity contribution in [1.29, 1.82) is 0 Å². The minimum Gasteiger partial charge on any atom is -0.373 e. The van der Waals surface area contributed by atoms with E-state index in [2.05, 4.69) is 36.4 Å². The molecular weight excluding hydrogens is 236 g/mol. The zero-order chi connectivity index (χ0) is 13.9. The lowest BCUT2D eigenvalue weighted by Crippen LogP contribution is -2.44. The van der Waals surface area contributed by atoms with Crippen LogP contribution in [0.15, 0.2) is 0 Å². The highest BCUT2D eigenvalue weighted by molar-refractivity contribution is 5.58. The van der Waals surface area contributed by atoms with E-state index in [1.807, 2.05) is 7.05 Å². The fourth-order valence-corrected chi connectivity index (χ4v) is 2.69. The first kappa shape index (κ1) is 14.1. The van der Waals surface area contributed by atoms with Crippen LogP contribution in [0.3, 0.4) is 0 Å². The molecule has 4 nitrogen and oxygen atoms in total. The molecule has 2 rings (SSSR count). The van der Waals surface area contributed by atoms with Gasteiger partial charge in [0.2, 0.25) is 0 Å². The molecule has 0 unspecified atom stereocenters. The van der Waals surface area contributed by atoms with E-state index in [9.17, 15) is 0 Å². The normalized spacial score (nSPS) is 16.8. The second-order valence-corrected chi connectivity index (χ2v) is 5.57. The van der Waals surface area contributed by atoms with Crippen molar-refractivity contribution in [3.63, 3.8) is 0 Å². The molecule has 0 amide bonds. The van der Waals surface area contributed by atoms with Crippen LogP contribution < -0.4 is 10.6 Å². The van der Waals surface area contributed by atoms with E-state index in [-0.39, 0.29) is 5.54 Å². The summed E-state index contributed by atoms with van der Waals surface area (Å²) in [6.45, 7) is 6.51. The van der Waals surface area contributed by atoms with Gasteiger partial charge in [0.1, 0.15) is 17.5 Å². The van der Waals surface area contributed by atoms with E-state index >= 15 is 0 Å². The van der Waals surface area contributed by atoms with E-state index in [4.69, 9.17) is 4.98 Å². The predicted molar refractivity (Wildman–Crippen MR) is 80.8 cm³/mol. The average Bonchev–Trinajstić information content (AvgIpc) is 2.37. The minimum atomic E-state index is 0.271. The third kappa shape index (κ3) is 2.82. The summed E-state index contributed by atoms with van der Waals surface area (Å²) in [7, 11) is 1.92. The van der Waals surface area contributed by atoms with Gasteiger partial charge in [-0.1, -0.05) is 13.8 Å². The van der Waals surface area contributed by atoms with Crippen LogP contribution in [0.2, 0.25) is 0 Å². The molecule has 0 spiro atoms. The first-order valence-electron chi connectivity index (χ1n) is 7.47. The molecule has 1 aliphatic carbocycles. The molecule has 0 aromatic carbocycles. The molecular formula is C15H26N4. The largest absolute Gasteiger partial charge is 0.373 e. The van der Waals surface area contributed by atoms with Gasteiger partial charge in [-0.05, 0) is 39.0 Å². The van der Waals surface area contributed by atoms with Crippen LogP contribution in [-0.2, 0) is 6.42 Å². The van der Waals surface area contributed by atoms with Crippen LogP contribution in [0.5, 0.6) is 0 Å². The molecule has 1 fully saturated rings. The number of nitrogens with zero attached hydrogens (tertiary/aromatic N) is 2. The molecule has 1 heterocycles. The first-order valence-corrected chi connectivity index (χ1v) is 7.47. The van der Waals surface area contributed by atoms with Gasteiger partial charge >= 0.3 is 0 Å². The second kappa shape index (κ2) is 5.76. The Bertz CT molecular complexity index is 433. The van der Waals surface area contributed by atoms with E-state index in [0.29, 0.717) is 0 Å². The van der Waals surface area contributed by atoms with Gasteiger partial charge < -0.3 is 10.6 Å². The molecule has 1 aliphatic rings. The van der Waals surface area contributed by atoms with Gasteiger partial charge in [-0.2, -0.15) is 0 Å². The number of nitrogens with one attached hydrogen (secondary N) is 2. The number of hydrogen-bond acceptors (Lipinski definition) is 4. The van der Waals surface area contributed by atoms with Gasteiger partial charge in [-0.3, -0.25) is 0 Å². The highest BCUT2D eigenvalue weighted by Gasteiger charge is 2.35. The summed E-state index contributed by atoms with van der Waals surface area (Å²) in [5.41, 5.74) is 1.40. The maximum Gasteiger partial charge on any atom is 0.135 e. The fraction of sp³-hybridized carbons (Fsp3) is 0.733.